The Balaban J connectivity index is 2.81. The van der Waals surface area contributed by atoms with Gasteiger partial charge in [0.25, 0.3) is 0 Å². The second-order valence-corrected chi connectivity index (χ2v) is 5.34. The lowest BCUT2D eigenvalue weighted by molar-refractivity contribution is -0.124. The monoisotopic (exact) mass is 259 g/mol. The largest absolute Gasteiger partial charge is 0.293 e. The molecule has 0 saturated heterocycles. The molecule has 0 saturated carbocycles. The van der Waals surface area contributed by atoms with Crippen molar-refractivity contribution in [3.8, 4) is 0 Å². The normalized spacial score (nSPS) is 12.3. The van der Waals surface area contributed by atoms with E-state index in [4.69, 9.17) is 0 Å². The Labute approximate surface area is 117 Å². The number of likely N-dealkylation sites (N-methyl/N-ethyl adjacent to an activating group) is 1. The van der Waals surface area contributed by atoms with Crippen LogP contribution in [-0.2, 0) is 4.79 Å². The molecule has 0 bridgehead atoms. The van der Waals surface area contributed by atoms with E-state index in [1.165, 1.54) is 5.56 Å². The quantitative estimate of drug-likeness (QED) is 0.726. The van der Waals surface area contributed by atoms with Crippen LogP contribution < -0.4 is 0 Å². The molecule has 0 radical (unpaired) electrons. The molecule has 0 aromatic heterocycles. The molecule has 2 nitrogen and oxygen atoms in total. The summed E-state index contributed by atoms with van der Waals surface area (Å²) >= 11 is 0. The number of nitrogens with zero attached hydrogens (tertiary/aromatic N) is 1. The summed E-state index contributed by atoms with van der Waals surface area (Å²) in [7, 11) is 0. The van der Waals surface area contributed by atoms with Crippen molar-refractivity contribution in [1.29, 1.82) is 0 Å². The molecule has 2 heteroatoms. The highest BCUT2D eigenvalue weighted by Crippen LogP contribution is 2.16. The number of aryl methyl sites for hydroxylation is 1. The van der Waals surface area contributed by atoms with Crippen molar-refractivity contribution in [3.05, 3.63) is 41.5 Å². The number of rotatable bonds is 6. The van der Waals surface area contributed by atoms with Crippen molar-refractivity contribution in [2.24, 2.45) is 0 Å². The summed E-state index contributed by atoms with van der Waals surface area (Å²) in [5, 5.41) is 0. The second-order valence-electron chi connectivity index (χ2n) is 5.34. The summed E-state index contributed by atoms with van der Waals surface area (Å²) in [4.78, 5) is 14.5. The number of hydrogen-bond donors (Lipinski definition) is 0. The molecule has 0 spiro atoms. The van der Waals surface area contributed by atoms with Gasteiger partial charge >= 0.3 is 0 Å². The van der Waals surface area contributed by atoms with Crippen LogP contribution in [-0.4, -0.2) is 29.3 Å². The predicted octanol–water partition coefficient (Wildman–Crippen LogP) is 3.70. The Morgan fingerprint density at radius 1 is 1.16 bits per heavy atom. The van der Waals surface area contributed by atoms with Gasteiger partial charge in [0.05, 0.1) is 5.54 Å². The van der Waals surface area contributed by atoms with Crippen LogP contribution in [0.2, 0.25) is 0 Å². The average molecular weight is 259 g/mol. The van der Waals surface area contributed by atoms with E-state index >= 15 is 0 Å². The molecule has 0 unspecified atom stereocenters. The number of carbonyl (C=O) groups is 1. The van der Waals surface area contributed by atoms with Gasteiger partial charge in [-0.15, -0.1) is 0 Å². The molecule has 104 valence electrons. The van der Waals surface area contributed by atoms with E-state index in [0.717, 1.165) is 18.7 Å². The molecule has 1 aromatic carbocycles. The molecule has 0 aliphatic carbocycles. The first kappa shape index (κ1) is 15.6. The zero-order chi connectivity index (χ0) is 14.5. The third-order valence-electron chi connectivity index (χ3n) is 3.66. The lowest BCUT2D eigenvalue weighted by atomic mass is 9.95. The Kier molecular flexibility index (Phi) is 5.49. The molecule has 0 heterocycles. The van der Waals surface area contributed by atoms with E-state index < -0.39 is 5.54 Å². The third-order valence-corrected chi connectivity index (χ3v) is 3.66. The lowest BCUT2D eigenvalue weighted by Crippen LogP contribution is -2.49. The molecule has 0 atom stereocenters. The molecule has 1 aromatic rings. The molecule has 19 heavy (non-hydrogen) atoms. The first-order chi connectivity index (χ1) is 8.91. The molecule has 0 N–H and O–H groups in total. The third kappa shape index (κ3) is 4.03. The number of benzene rings is 1. The van der Waals surface area contributed by atoms with Gasteiger partial charge in [0, 0.05) is 0 Å². The highest BCUT2D eigenvalue weighted by molar-refractivity contribution is 6.00. The molecule has 0 amide bonds. The highest BCUT2D eigenvalue weighted by Gasteiger charge is 2.30. The van der Waals surface area contributed by atoms with Gasteiger partial charge in [-0.05, 0) is 45.5 Å². The maximum Gasteiger partial charge on any atom is 0.175 e. The standard InChI is InChI=1S/C17H25NO/c1-6-18(7-2)17(4,5)16(19)13-12-15-10-8-14(3)9-11-15/h8-13H,6-7H2,1-5H3/b13-12+. The summed E-state index contributed by atoms with van der Waals surface area (Å²) in [5.41, 5.74) is 1.85. The lowest BCUT2D eigenvalue weighted by Gasteiger charge is -2.34. The number of ketones is 1. The van der Waals surface area contributed by atoms with Crippen LogP contribution >= 0.6 is 0 Å². The van der Waals surface area contributed by atoms with Crippen LogP contribution in [0.3, 0.4) is 0 Å². The van der Waals surface area contributed by atoms with Gasteiger partial charge in [-0.25, -0.2) is 0 Å². The fourth-order valence-corrected chi connectivity index (χ4v) is 2.22. The van der Waals surface area contributed by atoms with E-state index in [9.17, 15) is 4.79 Å². The van der Waals surface area contributed by atoms with Crippen LogP contribution in [0, 0.1) is 6.92 Å². The van der Waals surface area contributed by atoms with Gasteiger partial charge in [-0.2, -0.15) is 0 Å². The van der Waals surface area contributed by atoms with Crippen molar-refractivity contribution < 1.29 is 4.79 Å². The Morgan fingerprint density at radius 2 is 1.68 bits per heavy atom. The topological polar surface area (TPSA) is 20.3 Å². The number of hydrogen-bond acceptors (Lipinski definition) is 2. The molecule has 0 aliphatic rings. The summed E-state index contributed by atoms with van der Waals surface area (Å²) in [6.45, 7) is 12.0. The molecule has 1 rings (SSSR count). The van der Waals surface area contributed by atoms with Crippen molar-refractivity contribution in [2.75, 3.05) is 13.1 Å². The zero-order valence-electron chi connectivity index (χ0n) is 12.7. The predicted molar refractivity (Wildman–Crippen MR) is 82.2 cm³/mol. The van der Waals surface area contributed by atoms with Crippen molar-refractivity contribution in [3.63, 3.8) is 0 Å². The van der Waals surface area contributed by atoms with E-state index in [2.05, 4.69) is 37.8 Å². The van der Waals surface area contributed by atoms with Gasteiger partial charge in [-0.1, -0.05) is 49.8 Å². The SMILES string of the molecule is CCN(CC)C(C)(C)C(=O)/C=C/c1ccc(C)cc1. The molecule has 0 fully saturated rings. The average Bonchev–Trinajstić information content (AvgIpc) is 2.38. The van der Waals surface area contributed by atoms with Crippen molar-refractivity contribution in [2.45, 2.75) is 40.2 Å². The van der Waals surface area contributed by atoms with Crippen LogP contribution in [0.5, 0.6) is 0 Å². The summed E-state index contributed by atoms with van der Waals surface area (Å²) in [6.07, 6.45) is 3.59. The summed E-state index contributed by atoms with van der Waals surface area (Å²) in [5.74, 6) is 0.150. The number of carbonyl (C=O) groups excluding carboxylic acids is 1. The maximum absolute atomic E-state index is 12.3. The first-order valence-electron chi connectivity index (χ1n) is 6.96. The van der Waals surface area contributed by atoms with Gasteiger partial charge < -0.3 is 0 Å². The Hall–Kier alpha value is -1.41. The van der Waals surface area contributed by atoms with Crippen molar-refractivity contribution in [1.82, 2.24) is 4.90 Å². The summed E-state index contributed by atoms with van der Waals surface area (Å²) in [6, 6.07) is 8.17. The van der Waals surface area contributed by atoms with Crippen molar-refractivity contribution >= 4 is 11.9 Å². The highest BCUT2D eigenvalue weighted by atomic mass is 16.1. The van der Waals surface area contributed by atoms with Crippen LogP contribution in [0.4, 0.5) is 0 Å². The summed E-state index contributed by atoms with van der Waals surface area (Å²) < 4.78 is 0. The fraction of sp³-hybridized carbons (Fsp3) is 0.471. The minimum atomic E-state index is -0.440. The van der Waals surface area contributed by atoms with E-state index in [1.807, 2.05) is 32.1 Å². The van der Waals surface area contributed by atoms with Gasteiger partial charge in [-0.3, -0.25) is 9.69 Å². The van der Waals surface area contributed by atoms with Crippen LogP contribution in [0.25, 0.3) is 6.08 Å². The Bertz CT molecular complexity index is 439. The van der Waals surface area contributed by atoms with Crippen LogP contribution in [0.1, 0.15) is 38.8 Å². The van der Waals surface area contributed by atoms with E-state index in [1.54, 1.807) is 6.08 Å². The minimum absolute atomic E-state index is 0.150. The Morgan fingerprint density at radius 3 is 2.16 bits per heavy atom. The van der Waals surface area contributed by atoms with Gasteiger partial charge in [0.1, 0.15) is 0 Å². The van der Waals surface area contributed by atoms with E-state index in [-0.39, 0.29) is 5.78 Å². The molecule has 0 aliphatic heterocycles. The van der Waals surface area contributed by atoms with Gasteiger partial charge in [0.15, 0.2) is 5.78 Å². The van der Waals surface area contributed by atoms with Crippen LogP contribution in [0.15, 0.2) is 30.3 Å². The smallest absolute Gasteiger partial charge is 0.175 e. The molecular weight excluding hydrogens is 234 g/mol. The first-order valence-corrected chi connectivity index (χ1v) is 6.96. The fourth-order valence-electron chi connectivity index (χ4n) is 2.22. The van der Waals surface area contributed by atoms with Gasteiger partial charge in [0.2, 0.25) is 0 Å². The second kappa shape index (κ2) is 6.67. The maximum atomic E-state index is 12.3. The minimum Gasteiger partial charge on any atom is -0.293 e. The zero-order valence-corrected chi connectivity index (χ0v) is 12.7. The van der Waals surface area contributed by atoms with E-state index in [0.29, 0.717) is 0 Å². The molecular formula is C17H25NO.